The molecule has 0 aliphatic rings. The van der Waals surface area contributed by atoms with Gasteiger partial charge >= 0.3 is 11.9 Å². The van der Waals surface area contributed by atoms with Gasteiger partial charge in [0.05, 0.1) is 20.6 Å². The summed E-state index contributed by atoms with van der Waals surface area (Å²) >= 11 is 2.59. The first-order valence-corrected chi connectivity index (χ1v) is 8.86. The average molecular weight is 362 g/mol. The molecule has 24 heavy (non-hydrogen) atoms. The molecule has 0 amide bonds. The van der Waals surface area contributed by atoms with Crippen LogP contribution in [0.1, 0.15) is 6.42 Å². The van der Waals surface area contributed by atoms with Crippen molar-refractivity contribution in [3.05, 3.63) is 60.7 Å². The van der Waals surface area contributed by atoms with Crippen LogP contribution in [-0.2, 0) is 19.1 Å². The molecule has 0 atom stereocenters. The third-order valence-electron chi connectivity index (χ3n) is 3.15. The van der Waals surface area contributed by atoms with Crippen molar-refractivity contribution in [3.8, 4) is 0 Å². The van der Waals surface area contributed by atoms with Crippen LogP contribution < -0.4 is 0 Å². The molecule has 0 saturated carbocycles. The fourth-order valence-electron chi connectivity index (χ4n) is 2.02. The number of thioether (sulfide) groups is 2. The Morgan fingerprint density at radius 3 is 1.67 bits per heavy atom. The monoisotopic (exact) mass is 362 g/mol. The summed E-state index contributed by atoms with van der Waals surface area (Å²) in [5.41, 5.74) is 0. The average Bonchev–Trinajstić information content (AvgIpc) is 2.62. The van der Waals surface area contributed by atoms with Gasteiger partial charge in [0, 0.05) is 9.79 Å². The van der Waals surface area contributed by atoms with E-state index in [9.17, 15) is 9.59 Å². The molecule has 6 heteroatoms. The maximum atomic E-state index is 12.6. The van der Waals surface area contributed by atoms with Crippen LogP contribution >= 0.6 is 23.5 Å². The number of ether oxygens (including phenoxy) is 2. The van der Waals surface area contributed by atoms with Crippen LogP contribution in [0.5, 0.6) is 0 Å². The van der Waals surface area contributed by atoms with Crippen molar-refractivity contribution in [1.29, 1.82) is 0 Å². The van der Waals surface area contributed by atoms with Crippen molar-refractivity contribution in [1.82, 2.24) is 0 Å². The van der Waals surface area contributed by atoms with Gasteiger partial charge in [0.25, 0.3) is 0 Å². The summed E-state index contributed by atoms with van der Waals surface area (Å²) in [6.07, 6.45) is -0.102. The molecule has 0 heterocycles. The Morgan fingerprint density at radius 2 is 1.29 bits per heavy atom. The number of esters is 2. The van der Waals surface area contributed by atoms with Gasteiger partial charge in [0.15, 0.2) is 4.08 Å². The third kappa shape index (κ3) is 4.79. The van der Waals surface area contributed by atoms with E-state index in [1.807, 2.05) is 60.7 Å². The molecule has 0 aliphatic carbocycles. The van der Waals surface area contributed by atoms with Crippen LogP contribution in [0, 0.1) is 0 Å². The lowest BCUT2D eigenvalue weighted by Crippen LogP contribution is -2.35. The van der Waals surface area contributed by atoms with E-state index in [1.54, 1.807) is 0 Å². The number of carbonyl (C=O) groups is 2. The molecule has 0 aromatic heterocycles. The second-order valence-electron chi connectivity index (χ2n) is 4.83. The molecule has 0 bridgehead atoms. The highest BCUT2D eigenvalue weighted by atomic mass is 32.2. The van der Waals surface area contributed by atoms with Gasteiger partial charge in [-0.15, -0.1) is 0 Å². The van der Waals surface area contributed by atoms with Gasteiger partial charge in [-0.1, -0.05) is 59.9 Å². The SMILES string of the molecule is COC(=O)CC(Sc1ccccc1)(Sc1ccccc1)C(=O)OC. The molecule has 2 aromatic rings. The van der Waals surface area contributed by atoms with Crippen molar-refractivity contribution in [2.75, 3.05) is 14.2 Å². The van der Waals surface area contributed by atoms with Crippen LogP contribution in [0.4, 0.5) is 0 Å². The summed E-state index contributed by atoms with van der Waals surface area (Å²) in [6.45, 7) is 0. The van der Waals surface area contributed by atoms with E-state index >= 15 is 0 Å². The third-order valence-corrected chi connectivity index (χ3v) is 5.95. The Hall–Kier alpha value is -1.92. The van der Waals surface area contributed by atoms with Crippen LogP contribution in [-0.4, -0.2) is 30.2 Å². The highest BCUT2D eigenvalue weighted by Gasteiger charge is 2.44. The van der Waals surface area contributed by atoms with E-state index in [-0.39, 0.29) is 6.42 Å². The van der Waals surface area contributed by atoms with Crippen molar-refractivity contribution in [3.63, 3.8) is 0 Å². The lowest BCUT2D eigenvalue weighted by Gasteiger charge is -2.28. The minimum atomic E-state index is -1.16. The van der Waals surface area contributed by atoms with Gasteiger partial charge in [-0.3, -0.25) is 4.79 Å². The fourth-order valence-corrected chi connectivity index (χ4v) is 4.83. The van der Waals surface area contributed by atoms with Crippen molar-refractivity contribution >= 4 is 35.5 Å². The van der Waals surface area contributed by atoms with Crippen LogP contribution in [0.15, 0.2) is 70.5 Å². The Morgan fingerprint density at radius 1 is 0.833 bits per heavy atom. The number of carbonyl (C=O) groups excluding carboxylic acids is 2. The van der Waals surface area contributed by atoms with E-state index in [0.717, 1.165) is 9.79 Å². The first-order chi connectivity index (χ1) is 11.6. The quantitative estimate of drug-likeness (QED) is 0.421. The zero-order valence-corrected chi connectivity index (χ0v) is 15.1. The summed E-state index contributed by atoms with van der Waals surface area (Å²) in [4.78, 5) is 26.3. The van der Waals surface area contributed by atoms with Gasteiger partial charge in [-0.05, 0) is 24.3 Å². The normalized spacial score (nSPS) is 10.9. The summed E-state index contributed by atoms with van der Waals surface area (Å²) in [6, 6.07) is 18.9. The number of methoxy groups -OCH3 is 2. The van der Waals surface area contributed by atoms with Crippen molar-refractivity contribution in [2.45, 2.75) is 20.3 Å². The lowest BCUT2D eigenvalue weighted by atomic mass is 10.3. The molecule has 4 nitrogen and oxygen atoms in total. The number of hydrogen-bond acceptors (Lipinski definition) is 6. The predicted molar refractivity (Wildman–Crippen MR) is 96.0 cm³/mol. The number of rotatable bonds is 7. The Labute approximate surface area is 149 Å². The summed E-state index contributed by atoms with van der Waals surface area (Å²) < 4.78 is 8.66. The maximum absolute atomic E-state index is 12.6. The van der Waals surface area contributed by atoms with Crippen LogP contribution in [0.2, 0.25) is 0 Å². The van der Waals surface area contributed by atoms with E-state index in [0.29, 0.717) is 0 Å². The smallest absolute Gasteiger partial charge is 0.333 e. The molecule has 0 fully saturated rings. The highest BCUT2D eigenvalue weighted by Crippen LogP contribution is 2.49. The van der Waals surface area contributed by atoms with Crippen LogP contribution in [0.3, 0.4) is 0 Å². The Bertz CT molecular complexity index is 632. The molecular weight excluding hydrogens is 344 g/mol. The lowest BCUT2D eigenvalue weighted by molar-refractivity contribution is -0.147. The minimum Gasteiger partial charge on any atom is -0.469 e. The topological polar surface area (TPSA) is 52.6 Å². The van der Waals surface area contributed by atoms with Crippen molar-refractivity contribution in [2.24, 2.45) is 0 Å². The van der Waals surface area contributed by atoms with Gasteiger partial charge in [-0.25, -0.2) is 4.79 Å². The molecule has 0 unspecified atom stereocenters. The maximum Gasteiger partial charge on any atom is 0.333 e. The van der Waals surface area contributed by atoms with E-state index < -0.39 is 16.0 Å². The molecule has 126 valence electrons. The first-order valence-electron chi connectivity index (χ1n) is 7.23. The van der Waals surface area contributed by atoms with E-state index in [4.69, 9.17) is 9.47 Å². The first kappa shape index (κ1) is 18.4. The summed E-state index contributed by atoms with van der Waals surface area (Å²) in [7, 11) is 2.64. The summed E-state index contributed by atoms with van der Waals surface area (Å²) in [5.74, 6) is -0.942. The molecule has 0 spiro atoms. The van der Waals surface area contributed by atoms with Gasteiger partial charge in [0.1, 0.15) is 0 Å². The molecular formula is C18H18O4S2. The Balaban J connectivity index is 2.41. The molecule has 0 radical (unpaired) electrons. The zero-order chi connectivity index (χ0) is 17.4. The highest BCUT2D eigenvalue weighted by molar-refractivity contribution is 8.19. The molecule has 2 aromatic carbocycles. The molecule has 0 saturated heterocycles. The van der Waals surface area contributed by atoms with Gasteiger partial charge in [-0.2, -0.15) is 0 Å². The second kappa shape index (κ2) is 8.80. The molecule has 2 rings (SSSR count). The second-order valence-corrected chi connectivity index (χ2v) is 7.83. The van der Waals surface area contributed by atoms with E-state index in [2.05, 4.69) is 0 Å². The standard InChI is InChI=1S/C18H18O4S2/c1-21-16(19)13-18(17(20)22-2,23-14-9-5-3-6-10-14)24-15-11-7-4-8-12-15/h3-12H,13H2,1-2H3. The Kier molecular flexibility index (Phi) is 6.75. The van der Waals surface area contributed by atoms with E-state index in [1.165, 1.54) is 37.7 Å². The fraction of sp³-hybridized carbons (Fsp3) is 0.222. The minimum absolute atomic E-state index is 0.102. The molecule has 0 N–H and O–H groups in total. The van der Waals surface area contributed by atoms with Gasteiger partial charge in [0.2, 0.25) is 0 Å². The summed E-state index contributed by atoms with van der Waals surface area (Å²) in [5, 5.41) is 0. The number of hydrogen-bond donors (Lipinski definition) is 0. The molecule has 0 aliphatic heterocycles. The zero-order valence-electron chi connectivity index (χ0n) is 13.4. The van der Waals surface area contributed by atoms with Crippen molar-refractivity contribution < 1.29 is 19.1 Å². The largest absolute Gasteiger partial charge is 0.469 e. The van der Waals surface area contributed by atoms with Crippen LogP contribution in [0.25, 0.3) is 0 Å². The number of benzene rings is 2. The predicted octanol–water partition coefficient (Wildman–Crippen LogP) is 4.00. The van der Waals surface area contributed by atoms with Gasteiger partial charge < -0.3 is 9.47 Å².